The predicted molar refractivity (Wildman–Crippen MR) is 102 cm³/mol. The molecule has 2 bridgehead atoms. The molecule has 1 aromatic rings. The summed E-state index contributed by atoms with van der Waals surface area (Å²) in [6.07, 6.45) is 4.45. The first-order valence-corrected chi connectivity index (χ1v) is 8.45. The van der Waals surface area contributed by atoms with E-state index in [0.29, 0.717) is 31.2 Å². The number of nitrogens with one attached hydrogen (secondary N) is 1. The van der Waals surface area contributed by atoms with Gasteiger partial charge in [0.15, 0.2) is 5.69 Å². The van der Waals surface area contributed by atoms with Crippen LogP contribution in [0, 0.1) is 0 Å². The highest BCUT2D eigenvalue weighted by molar-refractivity contribution is 5.88. The predicted octanol–water partition coefficient (Wildman–Crippen LogP) is 1.18. The van der Waals surface area contributed by atoms with Crippen LogP contribution in [0.25, 0.3) is 0 Å². The maximum absolute atomic E-state index is 11.8. The molecule has 3 aliphatic heterocycles. The Hall–Kier alpha value is -1.35. The van der Waals surface area contributed by atoms with Crippen LogP contribution in [-0.4, -0.2) is 60.4 Å². The van der Waals surface area contributed by atoms with E-state index in [1.54, 1.807) is 0 Å². The van der Waals surface area contributed by atoms with Crippen molar-refractivity contribution in [2.45, 2.75) is 43.4 Å². The molecule has 3 fully saturated rings. The van der Waals surface area contributed by atoms with E-state index < -0.39 is 5.97 Å². The van der Waals surface area contributed by atoms with Crippen molar-refractivity contribution in [2.24, 2.45) is 0 Å². The topological polar surface area (TPSA) is 103 Å². The van der Waals surface area contributed by atoms with Crippen molar-refractivity contribution >= 4 is 42.5 Å². The number of fused-ring (bicyclic) bond motifs is 2. The summed E-state index contributed by atoms with van der Waals surface area (Å²) < 4.78 is 11.0. The van der Waals surface area contributed by atoms with Gasteiger partial charge in [-0.25, -0.2) is 9.78 Å². The van der Waals surface area contributed by atoms with Crippen molar-refractivity contribution in [1.29, 1.82) is 0 Å². The van der Waals surface area contributed by atoms with E-state index in [1.165, 1.54) is 26.0 Å². The van der Waals surface area contributed by atoms with E-state index in [-0.39, 0.29) is 41.9 Å². The van der Waals surface area contributed by atoms with Gasteiger partial charge in [-0.3, -0.25) is 0 Å². The number of nitrogen functional groups attached to an aromatic ring is 1. The Morgan fingerprint density at radius 2 is 2.04 bits per heavy atom. The molecule has 0 aromatic carbocycles. The summed E-state index contributed by atoms with van der Waals surface area (Å²) in [5, 5.41) is 3.65. The smallest absolute Gasteiger partial charge is 0.356 e. The fraction of sp³-hybridized carbons (Fsp3) is 0.688. The van der Waals surface area contributed by atoms with Crippen LogP contribution in [0.3, 0.4) is 0 Å². The summed E-state index contributed by atoms with van der Waals surface area (Å²) in [4.78, 5) is 22.5. The molecule has 0 radical (unpaired) electrons. The number of ether oxygens (including phenoxy) is 2. The van der Waals surface area contributed by atoms with Crippen molar-refractivity contribution < 1.29 is 14.3 Å². The second kappa shape index (κ2) is 8.12. The van der Waals surface area contributed by atoms with E-state index >= 15 is 0 Å². The molecule has 3 atom stereocenters. The summed E-state index contributed by atoms with van der Waals surface area (Å²) >= 11 is 0. The summed E-state index contributed by atoms with van der Waals surface area (Å²) in [6.45, 7) is 2.05. The number of halogens is 2. The third-order valence-electron chi connectivity index (χ3n) is 5.23. The number of carbonyl (C=O) groups excluding carboxylic acids is 1. The third kappa shape index (κ3) is 3.98. The second-order valence-electron chi connectivity index (χ2n) is 6.97. The zero-order valence-electron chi connectivity index (χ0n) is 14.6. The van der Waals surface area contributed by atoms with Crippen LogP contribution in [0.5, 0.6) is 0 Å². The Kier molecular flexibility index (Phi) is 6.55. The molecule has 0 saturated carbocycles. The molecular weight excluding hydrogens is 381 g/mol. The molecule has 3 N–H and O–H groups in total. The highest BCUT2D eigenvalue weighted by Gasteiger charge is 2.47. The molecule has 10 heteroatoms. The van der Waals surface area contributed by atoms with Crippen LogP contribution in [0.4, 0.5) is 11.8 Å². The average Bonchev–Trinajstić information content (AvgIpc) is 2.93. The normalized spacial score (nSPS) is 29.7. The van der Waals surface area contributed by atoms with Crippen molar-refractivity contribution in [3.05, 3.63) is 11.8 Å². The largest absolute Gasteiger partial charge is 0.464 e. The molecule has 3 aliphatic rings. The maximum Gasteiger partial charge on any atom is 0.356 e. The summed E-state index contributed by atoms with van der Waals surface area (Å²) in [6, 6.07) is 2.52. The number of aromatic nitrogens is 2. The summed E-state index contributed by atoms with van der Waals surface area (Å²) in [5.74, 6) is 0.239. The first-order valence-electron chi connectivity index (χ1n) is 8.45. The molecule has 3 saturated heterocycles. The molecule has 1 unspecified atom stereocenters. The Labute approximate surface area is 165 Å². The lowest BCUT2D eigenvalue weighted by atomic mass is 9.86. The lowest BCUT2D eigenvalue weighted by Crippen LogP contribution is -2.59. The van der Waals surface area contributed by atoms with Gasteiger partial charge >= 0.3 is 5.97 Å². The van der Waals surface area contributed by atoms with Gasteiger partial charge in [0, 0.05) is 24.7 Å². The van der Waals surface area contributed by atoms with Gasteiger partial charge in [-0.15, -0.1) is 24.8 Å². The molecule has 1 aromatic heterocycles. The number of hydrogen-bond donors (Lipinski definition) is 2. The van der Waals surface area contributed by atoms with E-state index in [1.807, 2.05) is 0 Å². The number of hydrogen-bond acceptors (Lipinski definition) is 8. The zero-order valence-corrected chi connectivity index (χ0v) is 16.3. The molecule has 4 heterocycles. The molecule has 26 heavy (non-hydrogen) atoms. The minimum absolute atomic E-state index is 0. The first kappa shape index (κ1) is 21.0. The molecule has 4 rings (SSSR count). The summed E-state index contributed by atoms with van der Waals surface area (Å²) in [7, 11) is 1.33. The molecule has 0 aliphatic carbocycles. The lowest BCUT2D eigenvalue weighted by molar-refractivity contribution is -0.0847. The van der Waals surface area contributed by atoms with Crippen LogP contribution in [-0.2, 0) is 9.47 Å². The van der Waals surface area contributed by atoms with Crippen LogP contribution in [0.2, 0.25) is 0 Å². The van der Waals surface area contributed by atoms with Gasteiger partial charge < -0.3 is 25.4 Å². The SMILES string of the molecule is COC(=O)c1cc(N)nc(N2CCOC3(C[C@H]4CC[C@@H](C3)N4)C2)n1.Cl.Cl. The fourth-order valence-electron chi connectivity index (χ4n) is 4.27. The van der Waals surface area contributed by atoms with Gasteiger partial charge in [-0.05, 0) is 25.7 Å². The second-order valence-corrected chi connectivity index (χ2v) is 6.97. The Balaban J connectivity index is 0.00000121. The van der Waals surface area contributed by atoms with Crippen molar-refractivity contribution in [1.82, 2.24) is 15.3 Å². The first-order chi connectivity index (χ1) is 11.6. The number of methoxy groups -OCH3 is 1. The van der Waals surface area contributed by atoms with Crippen molar-refractivity contribution in [3.63, 3.8) is 0 Å². The number of piperidine rings is 1. The monoisotopic (exact) mass is 405 g/mol. The quantitative estimate of drug-likeness (QED) is 0.706. The van der Waals surface area contributed by atoms with E-state index in [4.69, 9.17) is 15.2 Å². The minimum Gasteiger partial charge on any atom is -0.464 e. The van der Waals surface area contributed by atoms with E-state index in [0.717, 1.165) is 19.4 Å². The van der Waals surface area contributed by atoms with Gasteiger partial charge in [-0.2, -0.15) is 4.98 Å². The van der Waals surface area contributed by atoms with Crippen LogP contribution in [0.1, 0.15) is 36.2 Å². The standard InChI is InChI=1S/C16H23N5O3.2ClH/c1-23-14(22)12-6-13(17)20-15(19-12)21-4-5-24-16(9-21)7-10-2-3-11(8-16)18-10;;/h6,10-11,18H,2-5,7-9H2,1H3,(H2,17,19,20);2*1H/t10-,11+,16?;;. The molecular formula is C16H25Cl2N5O3. The zero-order chi connectivity index (χ0) is 16.7. The molecule has 146 valence electrons. The van der Waals surface area contributed by atoms with Crippen molar-refractivity contribution in [2.75, 3.05) is 37.4 Å². The summed E-state index contributed by atoms with van der Waals surface area (Å²) in [5.41, 5.74) is 5.88. The van der Waals surface area contributed by atoms with Gasteiger partial charge in [0.1, 0.15) is 5.82 Å². The van der Waals surface area contributed by atoms with Gasteiger partial charge in [0.2, 0.25) is 5.95 Å². The van der Waals surface area contributed by atoms with E-state index in [2.05, 4.69) is 20.2 Å². The number of nitrogens with two attached hydrogens (primary N) is 1. The number of nitrogens with zero attached hydrogens (tertiary/aromatic N) is 3. The van der Waals surface area contributed by atoms with Crippen molar-refractivity contribution in [3.8, 4) is 0 Å². The number of carbonyl (C=O) groups is 1. The Morgan fingerprint density at radius 3 is 2.69 bits per heavy atom. The highest BCUT2D eigenvalue weighted by Crippen LogP contribution is 2.39. The van der Waals surface area contributed by atoms with Gasteiger partial charge in [0.05, 0.1) is 25.9 Å². The van der Waals surface area contributed by atoms with Gasteiger partial charge in [0.25, 0.3) is 0 Å². The molecule has 0 amide bonds. The number of rotatable bonds is 2. The van der Waals surface area contributed by atoms with E-state index in [9.17, 15) is 4.79 Å². The maximum atomic E-state index is 11.8. The fourth-order valence-corrected chi connectivity index (χ4v) is 4.27. The molecule has 8 nitrogen and oxygen atoms in total. The third-order valence-corrected chi connectivity index (χ3v) is 5.23. The average molecular weight is 406 g/mol. The molecule has 1 spiro atoms. The highest BCUT2D eigenvalue weighted by atomic mass is 35.5. The Bertz CT molecular complexity index is 651. The van der Waals surface area contributed by atoms with Gasteiger partial charge in [-0.1, -0.05) is 0 Å². The van der Waals surface area contributed by atoms with Crippen LogP contribution in [0.15, 0.2) is 6.07 Å². The number of anilines is 2. The lowest BCUT2D eigenvalue weighted by Gasteiger charge is -2.47. The minimum atomic E-state index is -0.506. The Morgan fingerprint density at radius 1 is 1.35 bits per heavy atom. The van der Waals surface area contributed by atoms with Crippen LogP contribution < -0.4 is 16.0 Å². The number of morpholine rings is 1. The van der Waals surface area contributed by atoms with Crippen LogP contribution >= 0.6 is 24.8 Å². The number of esters is 1.